The van der Waals surface area contributed by atoms with Crippen LogP contribution in [0.1, 0.15) is 32.1 Å². The second-order valence-corrected chi connectivity index (χ2v) is 6.99. The van der Waals surface area contributed by atoms with Gasteiger partial charge in [-0.3, -0.25) is 4.79 Å². The predicted molar refractivity (Wildman–Crippen MR) is 76.1 cm³/mol. The van der Waals surface area contributed by atoms with Crippen LogP contribution in [0, 0.1) is 0 Å². The van der Waals surface area contributed by atoms with Crippen molar-refractivity contribution in [3.63, 3.8) is 0 Å². The van der Waals surface area contributed by atoms with Crippen LogP contribution in [0.4, 0.5) is 0 Å². The van der Waals surface area contributed by atoms with E-state index in [0.717, 1.165) is 29.9 Å². The molecule has 0 radical (unpaired) electrons. The molecule has 5 heteroatoms. The molecule has 1 aliphatic rings. The molecule has 3 nitrogen and oxygen atoms in total. The topological polar surface area (TPSA) is 49.3 Å². The maximum absolute atomic E-state index is 11.9. The van der Waals surface area contributed by atoms with E-state index in [-0.39, 0.29) is 18.1 Å². The van der Waals surface area contributed by atoms with E-state index in [1.807, 2.05) is 17.5 Å². The van der Waals surface area contributed by atoms with Crippen LogP contribution in [0.25, 0.3) is 0 Å². The van der Waals surface area contributed by atoms with E-state index < -0.39 is 0 Å². The first-order chi connectivity index (χ1) is 8.74. The van der Waals surface area contributed by atoms with Gasteiger partial charge in [-0.05, 0) is 24.3 Å². The number of hydrogen-bond acceptors (Lipinski definition) is 4. The summed E-state index contributed by atoms with van der Waals surface area (Å²) in [5.74, 6) is 0.465. The standard InChI is InChI=1S/C13H19NO2S2/c15-10-13(6-2-1-3-7-13)14-11(16)9-18-12-5-4-8-17-12/h4-5,8,15H,1-3,6-7,9-10H2,(H,14,16). The lowest BCUT2D eigenvalue weighted by Gasteiger charge is -2.36. The molecule has 100 valence electrons. The van der Waals surface area contributed by atoms with Crippen LogP contribution in [-0.2, 0) is 4.79 Å². The second kappa shape index (κ2) is 6.59. The molecule has 1 aromatic rings. The zero-order valence-corrected chi connectivity index (χ0v) is 12.0. The number of nitrogens with one attached hydrogen (secondary N) is 1. The minimum Gasteiger partial charge on any atom is -0.394 e. The lowest BCUT2D eigenvalue weighted by Crippen LogP contribution is -2.53. The van der Waals surface area contributed by atoms with Gasteiger partial charge in [-0.2, -0.15) is 0 Å². The van der Waals surface area contributed by atoms with E-state index in [4.69, 9.17) is 0 Å². The lowest BCUT2D eigenvalue weighted by atomic mass is 9.82. The van der Waals surface area contributed by atoms with Crippen molar-refractivity contribution in [3.8, 4) is 0 Å². The first-order valence-corrected chi connectivity index (χ1v) is 8.19. The summed E-state index contributed by atoms with van der Waals surface area (Å²) < 4.78 is 1.16. The van der Waals surface area contributed by atoms with Crippen LogP contribution in [0.15, 0.2) is 21.7 Å². The third-order valence-electron chi connectivity index (χ3n) is 3.36. The molecule has 1 fully saturated rings. The quantitative estimate of drug-likeness (QED) is 0.818. The third kappa shape index (κ3) is 3.73. The highest BCUT2D eigenvalue weighted by Gasteiger charge is 2.32. The molecule has 0 unspecified atom stereocenters. The Labute approximate surface area is 116 Å². The maximum atomic E-state index is 11.9. The zero-order valence-electron chi connectivity index (χ0n) is 10.4. The molecule has 18 heavy (non-hydrogen) atoms. The van der Waals surface area contributed by atoms with Gasteiger partial charge in [0.15, 0.2) is 0 Å². The maximum Gasteiger partial charge on any atom is 0.230 e. The number of aliphatic hydroxyl groups excluding tert-OH is 1. The van der Waals surface area contributed by atoms with Gasteiger partial charge in [0, 0.05) is 0 Å². The number of thioether (sulfide) groups is 1. The Kier molecular flexibility index (Phi) is 5.09. The molecule has 1 saturated carbocycles. The summed E-state index contributed by atoms with van der Waals surface area (Å²) in [5, 5.41) is 14.6. The molecule has 0 atom stereocenters. The Morgan fingerprint density at radius 1 is 1.44 bits per heavy atom. The van der Waals surface area contributed by atoms with Crippen LogP contribution in [0.3, 0.4) is 0 Å². The molecular weight excluding hydrogens is 266 g/mol. The van der Waals surface area contributed by atoms with Crippen molar-refractivity contribution in [2.75, 3.05) is 12.4 Å². The van der Waals surface area contributed by atoms with E-state index in [0.29, 0.717) is 5.75 Å². The largest absolute Gasteiger partial charge is 0.394 e. The van der Waals surface area contributed by atoms with Gasteiger partial charge >= 0.3 is 0 Å². The smallest absolute Gasteiger partial charge is 0.230 e. The SMILES string of the molecule is O=C(CSc1cccs1)NC1(CO)CCCCC1. The summed E-state index contributed by atoms with van der Waals surface area (Å²) in [4.78, 5) is 11.9. The van der Waals surface area contributed by atoms with Gasteiger partial charge < -0.3 is 10.4 Å². The monoisotopic (exact) mass is 285 g/mol. The van der Waals surface area contributed by atoms with Crippen molar-refractivity contribution in [3.05, 3.63) is 17.5 Å². The van der Waals surface area contributed by atoms with Crippen molar-refractivity contribution < 1.29 is 9.90 Å². The number of rotatable bonds is 5. The highest BCUT2D eigenvalue weighted by Crippen LogP contribution is 2.28. The molecule has 1 aliphatic carbocycles. The molecule has 1 heterocycles. The Morgan fingerprint density at radius 2 is 2.22 bits per heavy atom. The van der Waals surface area contributed by atoms with Gasteiger partial charge in [-0.15, -0.1) is 23.1 Å². The minimum absolute atomic E-state index is 0.0318. The molecule has 2 N–H and O–H groups in total. The number of hydrogen-bond donors (Lipinski definition) is 2. The van der Waals surface area contributed by atoms with Crippen LogP contribution >= 0.6 is 23.1 Å². The molecule has 0 aliphatic heterocycles. The minimum atomic E-state index is -0.356. The molecular formula is C13H19NO2S2. The highest BCUT2D eigenvalue weighted by atomic mass is 32.2. The van der Waals surface area contributed by atoms with Gasteiger partial charge in [-0.25, -0.2) is 0 Å². The summed E-state index contributed by atoms with van der Waals surface area (Å²) in [6.07, 6.45) is 5.21. The molecule has 0 spiro atoms. The van der Waals surface area contributed by atoms with Crippen molar-refractivity contribution in [1.82, 2.24) is 5.32 Å². The van der Waals surface area contributed by atoms with Crippen LogP contribution in [0.2, 0.25) is 0 Å². The Balaban J connectivity index is 1.81. The van der Waals surface area contributed by atoms with E-state index >= 15 is 0 Å². The van der Waals surface area contributed by atoms with Crippen molar-refractivity contribution in [2.24, 2.45) is 0 Å². The van der Waals surface area contributed by atoms with Gasteiger partial charge in [0.25, 0.3) is 0 Å². The average Bonchev–Trinajstić information content (AvgIpc) is 2.91. The number of amides is 1. The summed E-state index contributed by atoms with van der Waals surface area (Å²) in [6.45, 7) is 0.0579. The van der Waals surface area contributed by atoms with Crippen molar-refractivity contribution >= 4 is 29.0 Å². The normalized spacial score (nSPS) is 18.5. The van der Waals surface area contributed by atoms with Gasteiger partial charge in [0.1, 0.15) is 0 Å². The highest BCUT2D eigenvalue weighted by molar-refractivity contribution is 8.01. The predicted octanol–water partition coefficient (Wildman–Crippen LogP) is 2.65. The second-order valence-electron chi connectivity index (χ2n) is 4.77. The molecule has 0 aromatic carbocycles. The van der Waals surface area contributed by atoms with Crippen LogP contribution < -0.4 is 5.32 Å². The number of carbonyl (C=O) groups excluding carboxylic acids is 1. The van der Waals surface area contributed by atoms with E-state index in [1.165, 1.54) is 6.42 Å². The number of carbonyl (C=O) groups is 1. The first kappa shape index (κ1) is 13.9. The van der Waals surface area contributed by atoms with Gasteiger partial charge in [0.2, 0.25) is 5.91 Å². The lowest BCUT2D eigenvalue weighted by molar-refractivity contribution is -0.121. The van der Waals surface area contributed by atoms with Crippen LogP contribution in [-0.4, -0.2) is 28.9 Å². The number of aliphatic hydroxyl groups is 1. The Hall–Kier alpha value is -0.520. The summed E-state index contributed by atoms with van der Waals surface area (Å²) >= 11 is 3.21. The van der Waals surface area contributed by atoms with E-state index in [1.54, 1.807) is 23.1 Å². The third-order valence-corrected chi connectivity index (χ3v) is 5.49. The summed E-state index contributed by atoms with van der Waals surface area (Å²) in [6, 6.07) is 4.01. The molecule has 1 aromatic heterocycles. The van der Waals surface area contributed by atoms with Gasteiger partial charge in [-0.1, -0.05) is 25.3 Å². The molecule has 2 rings (SSSR count). The van der Waals surface area contributed by atoms with E-state index in [9.17, 15) is 9.90 Å². The van der Waals surface area contributed by atoms with Crippen LogP contribution in [0.5, 0.6) is 0 Å². The van der Waals surface area contributed by atoms with E-state index in [2.05, 4.69) is 5.32 Å². The summed E-state index contributed by atoms with van der Waals surface area (Å²) in [5.41, 5.74) is -0.356. The number of thiophene rings is 1. The average molecular weight is 285 g/mol. The first-order valence-electron chi connectivity index (χ1n) is 6.32. The Morgan fingerprint density at radius 3 is 2.83 bits per heavy atom. The van der Waals surface area contributed by atoms with Crippen molar-refractivity contribution in [2.45, 2.75) is 41.9 Å². The van der Waals surface area contributed by atoms with Crippen molar-refractivity contribution in [1.29, 1.82) is 0 Å². The molecule has 0 saturated heterocycles. The molecule has 1 amide bonds. The fourth-order valence-electron chi connectivity index (χ4n) is 2.37. The fourth-order valence-corrected chi connectivity index (χ4v) is 3.95. The fraction of sp³-hybridized carbons (Fsp3) is 0.615. The molecule has 0 bridgehead atoms. The van der Waals surface area contributed by atoms with Gasteiger partial charge in [0.05, 0.1) is 22.1 Å². The summed E-state index contributed by atoms with van der Waals surface area (Å²) in [7, 11) is 0. The zero-order chi connectivity index (χ0) is 12.8. The Bertz CT molecular complexity index is 372.